The highest BCUT2D eigenvalue weighted by Crippen LogP contribution is 2.50. The molecule has 3 aromatic rings. The van der Waals surface area contributed by atoms with E-state index in [0.717, 1.165) is 6.42 Å². The van der Waals surface area contributed by atoms with Gasteiger partial charge >= 0.3 is 25.7 Å². The first kappa shape index (κ1) is 37.8. The molecule has 1 aromatic carbocycles. The van der Waals surface area contributed by atoms with Gasteiger partial charge in [0.1, 0.15) is 35.3 Å². The summed E-state index contributed by atoms with van der Waals surface area (Å²) in [5.41, 5.74) is 5.38. The lowest BCUT2D eigenvalue weighted by molar-refractivity contribution is -0.175. The van der Waals surface area contributed by atoms with Gasteiger partial charge in [0.2, 0.25) is 0 Å². The van der Waals surface area contributed by atoms with Crippen LogP contribution in [0.25, 0.3) is 5.52 Å². The lowest BCUT2D eigenvalue weighted by Gasteiger charge is -2.33. The Morgan fingerprint density at radius 2 is 1.69 bits per heavy atom. The molecule has 1 aliphatic heterocycles. The van der Waals surface area contributed by atoms with Crippen molar-refractivity contribution < 1.29 is 46.9 Å². The van der Waals surface area contributed by atoms with Crippen molar-refractivity contribution in [3.63, 3.8) is 0 Å². The number of nitrogen functional groups attached to an aromatic ring is 1. The van der Waals surface area contributed by atoms with Crippen LogP contribution in [0.5, 0.6) is 5.75 Å². The minimum atomic E-state index is -4.37. The number of carbonyl (C=O) groups excluding carboxylic acids is 3. The number of nitrogens with two attached hydrogens (primary N) is 1. The summed E-state index contributed by atoms with van der Waals surface area (Å²) in [6, 6.07) is 10.5. The highest BCUT2D eigenvalue weighted by molar-refractivity contribution is 7.52. The third-order valence-electron chi connectivity index (χ3n) is 7.77. The molecule has 1 fully saturated rings. The van der Waals surface area contributed by atoms with Crippen LogP contribution in [0.2, 0.25) is 0 Å². The summed E-state index contributed by atoms with van der Waals surface area (Å²) < 4.78 is 51.6. The van der Waals surface area contributed by atoms with E-state index in [4.69, 9.17) is 33.7 Å². The smallest absolute Gasteiger partial charge is 0.459 e. The zero-order valence-corrected chi connectivity index (χ0v) is 29.8. The molecule has 0 amide bonds. The number of hydrogen-bond donors (Lipinski definition) is 2. The number of fused-ring (bicyclic) bond motifs is 1. The summed E-state index contributed by atoms with van der Waals surface area (Å²) in [6.45, 7) is 11.4. The van der Waals surface area contributed by atoms with E-state index in [-0.39, 0.29) is 18.2 Å². The molecule has 0 unspecified atom stereocenters. The van der Waals surface area contributed by atoms with Crippen LogP contribution in [0, 0.1) is 11.8 Å². The average Bonchev–Trinajstić information content (AvgIpc) is 3.60. The second kappa shape index (κ2) is 16.1. The molecule has 0 bridgehead atoms. The number of aromatic nitrogens is 3. The van der Waals surface area contributed by atoms with Crippen LogP contribution in [0.1, 0.15) is 73.1 Å². The third-order valence-corrected chi connectivity index (χ3v) is 9.40. The molecule has 1 aliphatic rings. The summed E-state index contributed by atoms with van der Waals surface area (Å²) in [5, 5.41) is 6.98. The Kier molecular flexibility index (Phi) is 12.4. The fraction of sp³-hybridized carbons (Fsp3) is 0.545. The lowest BCUT2D eigenvalue weighted by Crippen LogP contribution is -2.49. The lowest BCUT2D eigenvalue weighted by atomic mass is 9.95. The van der Waals surface area contributed by atoms with Gasteiger partial charge in [-0.15, -0.1) is 0 Å². The molecule has 16 heteroatoms. The fourth-order valence-electron chi connectivity index (χ4n) is 4.97. The third kappa shape index (κ3) is 9.15. The van der Waals surface area contributed by atoms with E-state index >= 15 is 0 Å². The predicted octanol–water partition coefficient (Wildman–Crippen LogP) is 4.80. The van der Waals surface area contributed by atoms with Crippen molar-refractivity contribution in [2.24, 2.45) is 11.8 Å². The minimum Gasteiger partial charge on any atom is -0.465 e. The highest BCUT2D eigenvalue weighted by atomic mass is 31.2. The van der Waals surface area contributed by atoms with Gasteiger partial charge in [-0.3, -0.25) is 18.9 Å². The average molecular weight is 704 g/mol. The molecule has 0 spiro atoms. The number of hydrogen-bond acceptors (Lipinski definition) is 13. The second-order valence-corrected chi connectivity index (χ2v) is 14.4. The molecule has 3 N–H and O–H groups in total. The topological polar surface area (TPSA) is 192 Å². The Bertz CT molecular complexity index is 1650. The first-order valence-corrected chi connectivity index (χ1v) is 17.8. The van der Waals surface area contributed by atoms with Crippen LogP contribution in [0.3, 0.4) is 0 Å². The van der Waals surface area contributed by atoms with E-state index in [9.17, 15) is 18.9 Å². The monoisotopic (exact) mass is 703 g/mol. The number of ether oxygens (including phenoxy) is 4. The maximum absolute atomic E-state index is 14.4. The number of rotatable bonds is 16. The summed E-state index contributed by atoms with van der Waals surface area (Å²) >= 11 is 0. The van der Waals surface area contributed by atoms with E-state index in [2.05, 4.69) is 15.2 Å². The number of para-hydroxylation sites is 1. The van der Waals surface area contributed by atoms with Gasteiger partial charge in [-0.1, -0.05) is 59.2 Å². The normalized spacial score (nSPS) is 22.5. The van der Waals surface area contributed by atoms with Gasteiger partial charge in [0.05, 0.1) is 30.7 Å². The molecule has 6 atom stereocenters. The van der Waals surface area contributed by atoms with Crippen molar-refractivity contribution in [1.82, 2.24) is 19.7 Å². The van der Waals surface area contributed by atoms with Crippen molar-refractivity contribution in [2.45, 2.75) is 91.3 Å². The summed E-state index contributed by atoms with van der Waals surface area (Å²) in [5.74, 6) is -2.50. The van der Waals surface area contributed by atoms with E-state index in [1.54, 1.807) is 77.1 Å². The number of carbonyl (C=O) groups is 3. The van der Waals surface area contributed by atoms with Crippen molar-refractivity contribution in [2.75, 3.05) is 18.9 Å². The van der Waals surface area contributed by atoms with Gasteiger partial charge in [0.25, 0.3) is 0 Å². The molecule has 0 radical (unpaired) electrons. The predicted molar refractivity (Wildman–Crippen MR) is 178 cm³/mol. The molecule has 1 saturated heterocycles. The Morgan fingerprint density at radius 1 is 1.02 bits per heavy atom. The molecule has 49 heavy (non-hydrogen) atoms. The number of nitrogens with one attached hydrogen (secondary N) is 1. The number of benzene rings is 1. The first-order valence-electron chi connectivity index (χ1n) is 16.3. The number of esters is 3. The van der Waals surface area contributed by atoms with Crippen molar-refractivity contribution in [3.8, 4) is 5.75 Å². The van der Waals surface area contributed by atoms with Crippen LogP contribution >= 0.6 is 7.75 Å². The quantitative estimate of drug-likeness (QED) is 0.0894. The molecule has 4 rings (SSSR count). The molecule has 3 heterocycles. The summed E-state index contributed by atoms with van der Waals surface area (Å²) in [6.07, 6.45) is -0.766. The van der Waals surface area contributed by atoms with Gasteiger partial charge in [-0.05, 0) is 44.5 Å². The molecule has 268 valence electrons. The largest absolute Gasteiger partial charge is 0.465 e. The summed E-state index contributed by atoms with van der Waals surface area (Å²) in [7, 11) is -4.37. The molecular formula is C33H46N5O10P. The minimum absolute atomic E-state index is 0.198. The first-order chi connectivity index (χ1) is 23.2. The molecule has 0 saturated carbocycles. The van der Waals surface area contributed by atoms with E-state index in [1.807, 2.05) is 6.92 Å². The summed E-state index contributed by atoms with van der Waals surface area (Å²) in [4.78, 5) is 43.0. The van der Waals surface area contributed by atoms with Gasteiger partial charge in [-0.2, -0.15) is 10.2 Å². The second-order valence-electron chi connectivity index (χ2n) is 12.7. The van der Waals surface area contributed by atoms with Crippen LogP contribution in [0.15, 0.2) is 48.8 Å². The Morgan fingerprint density at radius 3 is 2.35 bits per heavy atom. The number of nitrogens with zero attached hydrogens (tertiary/aromatic N) is 3. The molecule has 2 aromatic heterocycles. The standard InChI is InChI=1S/C33H46N5O10P/c1-8-9-17-43-32(41)22(6)37-49(42,48-23-13-11-10-12-14-23)44-18-33(7)28(46-31(40)21(4)5)27(45-30(39)20(2)3)26(47-33)24-15-16-25-29(34)35-19-36-38(24)25/h10-16,19-22,26-28H,8-9,17-18H2,1-7H3,(H,37,42)(H2,34,35,36)/t22-,26-,27-,28-,33+,49-/m0/s1. The molecule has 0 aliphatic carbocycles. The molecule has 15 nitrogen and oxygen atoms in total. The van der Waals surface area contributed by atoms with E-state index in [1.165, 1.54) is 17.8 Å². The van der Waals surface area contributed by atoms with Gasteiger partial charge in [0.15, 0.2) is 18.0 Å². The molecular weight excluding hydrogens is 657 g/mol. The van der Waals surface area contributed by atoms with Crippen molar-refractivity contribution >= 4 is 37.0 Å². The van der Waals surface area contributed by atoms with Crippen LogP contribution < -0.4 is 15.3 Å². The van der Waals surface area contributed by atoms with Crippen molar-refractivity contribution in [1.29, 1.82) is 0 Å². The van der Waals surface area contributed by atoms with Gasteiger partial charge < -0.3 is 29.2 Å². The van der Waals surface area contributed by atoms with Crippen molar-refractivity contribution in [3.05, 3.63) is 54.5 Å². The Hall–Kier alpha value is -4.04. The van der Waals surface area contributed by atoms with Gasteiger partial charge in [0, 0.05) is 0 Å². The maximum atomic E-state index is 14.4. The van der Waals surface area contributed by atoms with Crippen LogP contribution in [0.4, 0.5) is 5.82 Å². The van der Waals surface area contributed by atoms with Gasteiger partial charge in [-0.25, -0.2) is 14.1 Å². The number of anilines is 1. The Balaban J connectivity index is 1.73. The zero-order valence-electron chi connectivity index (χ0n) is 28.9. The number of unbranched alkanes of at least 4 members (excludes halogenated alkanes) is 1. The SMILES string of the molecule is CCCCOC(=O)[C@H](C)N[P@](=O)(OC[C@@]1(C)O[C@@H](c2ccc3c(N)ncnn23)[C@H](OC(=O)C(C)C)[C@@H]1OC(=O)C(C)C)Oc1ccccc1. The van der Waals surface area contributed by atoms with Crippen LogP contribution in [-0.4, -0.2) is 69.6 Å². The highest BCUT2D eigenvalue weighted by Gasteiger charge is 2.59. The Labute approximate surface area is 285 Å². The van der Waals surface area contributed by atoms with E-state index in [0.29, 0.717) is 17.6 Å². The zero-order chi connectivity index (χ0) is 35.9. The van der Waals surface area contributed by atoms with Crippen LogP contribution in [-0.2, 0) is 42.4 Å². The van der Waals surface area contributed by atoms with E-state index < -0.39 is 74.1 Å². The maximum Gasteiger partial charge on any atom is 0.459 e. The fourth-order valence-corrected chi connectivity index (χ4v) is 6.55.